The number of nitro benzene ring substituents is 1. The number of hydrogen-bond acceptors (Lipinski definition) is 5. The maximum absolute atomic E-state index is 11.0. The van der Waals surface area contributed by atoms with Gasteiger partial charge in [-0.3, -0.25) is 10.1 Å². The number of anilines is 1. The highest BCUT2D eigenvalue weighted by atomic mass is 16.6. The maximum Gasteiger partial charge on any atom is 0.311 e. The third-order valence-corrected chi connectivity index (χ3v) is 4.28. The van der Waals surface area contributed by atoms with E-state index in [2.05, 4.69) is 17.1 Å². The van der Waals surface area contributed by atoms with Gasteiger partial charge in [0.25, 0.3) is 0 Å². The van der Waals surface area contributed by atoms with E-state index in [1.807, 2.05) is 20.0 Å². The number of nitrogens with zero attached hydrogens (tertiary/aromatic N) is 2. The highest BCUT2D eigenvalue weighted by Gasteiger charge is 2.29. The van der Waals surface area contributed by atoms with Gasteiger partial charge in [-0.05, 0) is 39.8 Å². The van der Waals surface area contributed by atoms with Crippen molar-refractivity contribution in [3.05, 3.63) is 28.3 Å². The van der Waals surface area contributed by atoms with Crippen LogP contribution in [0.1, 0.15) is 26.7 Å². The third kappa shape index (κ3) is 3.44. The van der Waals surface area contributed by atoms with Gasteiger partial charge in [-0.25, -0.2) is 0 Å². The Morgan fingerprint density at radius 2 is 2.10 bits per heavy atom. The monoisotopic (exact) mass is 293 g/mol. The Hall–Kier alpha value is -1.82. The van der Waals surface area contributed by atoms with Crippen molar-refractivity contribution >= 4 is 11.4 Å². The van der Waals surface area contributed by atoms with E-state index in [4.69, 9.17) is 4.74 Å². The summed E-state index contributed by atoms with van der Waals surface area (Å²) in [5.41, 5.74) is 1.19. The summed E-state index contributed by atoms with van der Waals surface area (Å²) in [6.07, 6.45) is 2.09. The molecule has 1 aromatic carbocycles. The predicted octanol–water partition coefficient (Wildman–Crippen LogP) is 2.57. The highest BCUT2D eigenvalue weighted by Crippen LogP contribution is 2.33. The number of nitrogens with one attached hydrogen (secondary N) is 1. The van der Waals surface area contributed by atoms with E-state index in [0.717, 1.165) is 31.6 Å². The van der Waals surface area contributed by atoms with E-state index in [1.54, 1.807) is 6.07 Å². The van der Waals surface area contributed by atoms with Gasteiger partial charge in [0.05, 0.1) is 11.5 Å². The molecule has 0 unspecified atom stereocenters. The second-order valence-corrected chi connectivity index (χ2v) is 5.64. The minimum atomic E-state index is -0.400. The second kappa shape index (κ2) is 6.30. The number of nitro groups is 1. The average molecular weight is 293 g/mol. The predicted molar refractivity (Wildman–Crippen MR) is 83.2 cm³/mol. The maximum atomic E-state index is 11.0. The molecule has 6 heteroatoms. The molecular weight excluding hydrogens is 270 g/mol. The molecule has 1 aliphatic rings. The molecule has 1 aliphatic heterocycles. The molecule has 0 bridgehead atoms. The van der Waals surface area contributed by atoms with Crippen molar-refractivity contribution in [3.63, 3.8) is 0 Å². The molecule has 1 N–H and O–H groups in total. The van der Waals surface area contributed by atoms with Crippen LogP contribution < -0.4 is 15.0 Å². The van der Waals surface area contributed by atoms with Crippen LogP contribution in [-0.2, 0) is 0 Å². The summed E-state index contributed by atoms with van der Waals surface area (Å²) in [7, 11) is 1.99. The topological polar surface area (TPSA) is 67.6 Å². The SMILES string of the molecule is CCOc1cc(N2CCC(C)(NC)CC2)ccc1[N+](=O)[O-]. The molecule has 6 nitrogen and oxygen atoms in total. The molecule has 0 atom stereocenters. The Bertz CT molecular complexity index is 511. The van der Waals surface area contributed by atoms with Crippen LogP contribution in [0.15, 0.2) is 18.2 Å². The Morgan fingerprint density at radius 3 is 2.62 bits per heavy atom. The lowest BCUT2D eigenvalue weighted by Crippen LogP contribution is -2.50. The van der Waals surface area contributed by atoms with Crippen molar-refractivity contribution in [1.82, 2.24) is 5.32 Å². The lowest BCUT2D eigenvalue weighted by atomic mass is 9.89. The molecule has 1 saturated heterocycles. The normalized spacial score (nSPS) is 17.6. The van der Waals surface area contributed by atoms with Gasteiger partial charge >= 0.3 is 5.69 Å². The molecule has 21 heavy (non-hydrogen) atoms. The first-order chi connectivity index (χ1) is 9.99. The first kappa shape index (κ1) is 15.6. The Balaban J connectivity index is 2.18. The van der Waals surface area contributed by atoms with Crippen LogP contribution in [0.3, 0.4) is 0 Å². The fourth-order valence-corrected chi connectivity index (χ4v) is 2.63. The molecule has 2 rings (SSSR count). The van der Waals surface area contributed by atoms with E-state index in [9.17, 15) is 10.1 Å². The van der Waals surface area contributed by atoms with Crippen molar-refractivity contribution < 1.29 is 9.66 Å². The molecule has 0 aromatic heterocycles. The Kier molecular flexibility index (Phi) is 4.67. The van der Waals surface area contributed by atoms with Crippen molar-refractivity contribution in [2.45, 2.75) is 32.2 Å². The number of ether oxygens (including phenoxy) is 1. The third-order valence-electron chi connectivity index (χ3n) is 4.28. The Labute approximate surface area is 125 Å². The van der Waals surface area contributed by atoms with Gasteiger partial charge in [0.15, 0.2) is 5.75 Å². The first-order valence-corrected chi connectivity index (χ1v) is 7.34. The van der Waals surface area contributed by atoms with Crippen LogP contribution in [0.4, 0.5) is 11.4 Å². The van der Waals surface area contributed by atoms with Crippen LogP contribution in [-0.4, -0.2) is 37.2 Å². The fourth-order valence-electron chi connectivity index (χ4n) is 2.63. The molecule has 0 amide bonds. The van der Waals surface area contributed by atoms with Crippen LogP contribution in [0.25, 0.3) is 0 Å². The summed E-state index contributed by atoms with van der Waals surface area (Å²) in [5, 5.41) is 14.4. The average Bonchev–Trinajstić information content (AvgIpc) is 2.48. The highest BCUT2D eigenvalue weighted by molar-refractivity contribution is 5.59. The van der Waals surface area contributed by atoms with Crippen LogP contribution in [0, 0.1) is 10.1 Å². The van der Waals surface area contributed by atoms with Crippen molar-refractivity contribution in [2.75, 3.05) is 31.6 Å². The van der Waals surface area contributed by atoms with E-state index in [0.29, 0.717) is 12.4 Å². The fraction of sp³-hybridized carbons (Fsp3) is 0.600. The van der Waals surface area contributed by atoms with Gasteiger partial charge in [0.1, 0.15) is 0 Å². The number of rotatable bonds is 5. The van der Waals surface area contributed by atoms with Crippen LogP contribution >= 0.6 is 0 Å². The molecule has 1 fully saturated rings. The van der Waals surface area contributed by atoms with E-state index in [1.165, 1.54) is 6.07 Å². The van der Waals surface area contributed by atoms with Gasteiger partial charge in [-0.1, -0.05) is 0 Å². The lowest BCUT2D eigenvalue weighted by Gasteiger charge is -2.40. The lowest BCUT2D eigenvalue weighted by molar-refractivity contribution is -0.385. The zero-order valence-corrected chi connectivity index (χ0v) is 12.9. The van der Waals surface area contributed by atoms with Crippen LogP contribution in [0.2, 0.25) is 0 Å². The minimum Gasteiger partial charge on any atom is -0.487 e. The summed E-state index contributed by atoms with van der Waals surface area (Å²) < 4.78 is 5.41. The van der Waals surface area contributed by atoms with Crippen molar-refractivity contribution in [2.24, 2.45) is 0 Å². The van der Waals surface area contributed by atoms with Crippen molar-refractivity contribution in [1.29, 1.82) is 0 Å². The molecule has 0 spiro atoms. The van der Waals surface area contributed by atoms with Gasteiger partial charge in [0.2, 0.25) is 0 Å². The summed E-state index contributed by atoms with van der Waals surface area (Å²) in [4.78, 5) is 12.9. The Morgan fingerprint density at radius 1 is 1.43 bits per heavy atom. The first-order valence-electron chi connectivity index (χ1n) is 7.34. The molecule has 0 aliphatic carbocycles. The summed E-state index contributed by atoms with van der Waals surface area (Å²) in [6.45, 7) is 6.34. The van der Waals surface area contributed by atoms with Gasteiger partial charge < -0.3 is 15.0 Å². The number of piperidine rings is 1. The van der Waals surface area contributed by atoms with E-state index >= 15 is 0 Å². The zero-order chi connectivity index (χ0) is 15.5. The molecular formula is C15H23N3O3. The standard InChI is InChI=1S/C15H23N3O3/c1-4-21-14-11-12(5-6-13(14)18(19)20)17-9-7-15(2,16-3)8-10-17/h5-6,11,16H,4,7-10H2,1-3H3. The number of benzene rings is 1. The number of hydrogen-bond donors (Lipinski definition) is 1. The summed E-state index contributed by atoms with van der Waals surface area (Å²) in [5.74, 6) is 0.349. The largest absolute Gasteiger partial charge is 0.487 e. The molecule has 0 saturated carbocycles. The van der Waals surface area contributed by atoms with Crippen molar-refractivity contribution in [3.8, 4) is 5.75 Å². The molecule has 1 aromatic rings. The summed E-state index contributed by atoms with van der Waals surface area (Å²) >= 11 is 0. The zero-order valence-electron chi connectivity index (χ0n) is 12.9. The van der Waals surface area contributed by atoms with Crippen LogP contribution in [0.5, 0.6) is 5.75 Å². The smallest absolute Gasteiger partial charge is 0.311 e. The quantitative estimate of drug-likeness (QED) is 0.667. The molecule has 0 radical (unpaired) electrons. The summed E-state index contributed by atoms with van der Waals surface area (Å²) in [6, 6.07) is 5.12. The second-order valence-electron chi connectivity index (χ2n) is 5.64. The van der Waals surface area contributed by atoms with E-state index < -0.39 is 4.92 Å². The van der Waals surface area contributed by atoms with E-state index in [-0.39, 0.29) is 11.2 Å². The van der Waals surface area contributed by atoms with Gasteiger partial charge in [-0.15, -0.1) is 0 Å². The minimum absolute atomic E-state index is 0.0256. The molecule has 116 valence electrons. The molecule has 1 heterocycles. The van der Waals surface area contributed by atoms with Gasteiger partial charge in [-0.2, -0.15) is 0 Å². The van der Waals surface area contributed by atoms with Gasteiger partial charge in [0, 0.05) is 36.4 Å².